The second-order valence-corrected chi connectivity index (χ2v) is 25.2. The largest absolute Gasteiger partial charge is 0.462 e. The Balaban J connectivity index is 3.98. The van der Waals surface area contributed by atoms with Crippen molar-refractivity contribution in [3.8, 4) is 0 Å². The smallest absolute Gasteiger partial charge is 0.306 e. The van der Waals surface area contributed by atoms with Crippen LogP contribution in [0, 0.1) is 0 Å². The quantitative estimate of drug-likeness (QED) is 0.0261. The molecule has 81 heavy (non-hydrogen) atoms. The zero-order chi connectivity index (χ0) is 58.5. The van der Waals surface area contributed by atoms with Gasteiger partial charge in [0.05, 0.1) is 0 Å². The van der Waals surface area contributed by atoms with E-state index in [-0.39, 0.29) is 31.1 Å². The summed E-state index contributed by atoms with van der Waals surface area (Å²) in [5.74, 6) is -0.841. The first-order chi connectivity index (χ1) is 40.0. The molecule has 0 heterocycles. The number of ether oxygens (including phenoxy) is 3. The van der Waals surface area contributed by atoms with E-state index in [0.717, 1.165) is 57.8 Å². The van der Waals surface area contributed by atoms with Crippen LogP contribution in [0.1, 0.15) is 419 Å². The van der Waals surface area contributed by atoms with E-state index in [1.54, 1.807) is 0 Å². The Morgan fingerprint density at radius 3 is 0.617 bits per heavy atom. The second-order valence-electron chi connectivity index (χ2n) is 25.2. The summed E-state index contributed by atoms with van der Waals surface area (Å²) in [4.78, 5) is 38.3. The molecule has 0 fully saturated rings. The van der Waals surface area contributed by atoms with Gasteiger partial charge in [0.15, 0.2) is 6.10 Å². The first-order valence-electron chi connectivity index (χ1n) is 36.8. The molecular formula is C75H142O6. The monoisotopic (exact) mass is 1140 g/mol. The highest BCUT2D eigenvalue weighted by Gasteiger charge is 2.20. The van der Waals surface area contributed by atoms with Crippen LogP contribution >= 0.6 is 0 Å². The van der Waals surface area contributed by atoms with Gasteiger partial charge in [-0.15, -0.1) is 0 Å². The van der Waals surface area contributed by atoms with Crippen molar-refractivity contribution in [2.75, 3.05) is 13.2 Å². The highest BCUT2D eigenvalue weighted by molar-refractivity contribution is 5.71. The molecular weight excluding hydrogens is 997 g/mol. The van der Waals surface area contributed by atoms with E-state index in [1.165, 1.54) is 321 Å². The molecule has 0 saturated carbocycles. The summed E-state index contributed by atoms with van der Waals surface area (Å²) in [7, 11) is 0. The van der Waals surface area contributed by atoms with Crippen molar-refractivity contribution in [3.63, 3.8) is 0 Å². The molecule has 0 aromatic heterocycles. The Kier molecular flexibility index (Phi) is 68.5. The Hall–Kier alpha value is -2.11. The molecule has 0 saturated heterocycles. The van der Waals surface area contributed by atoms with Crippen LogP contribution in [0.3, 0.4) is 0 Å². The average Bonchev–Trinajstić information content (AvgIpc) is 3.47. The summed E-state index contributed by atoms with van der Waals surface area (Å²) < 4.78 is 16.9. The zero-order valence-corrected chi connectivity index (χ0v) is 55.1. The zero-order valence-electron chi connectivity index (χ0n) is 55.1. The molecule has 0 amide bonds. The van der Waals surface area contributed by atoms with Crippen molar-refractivity contribution in [1.29, 1.82) is 0 Å². The number of hydrogen-bond donors (Lipinski definition) is 0. The van der Waals surface area contributed by atoms with Crippen LogP contribution in [0.2, 0.25) is 0 Å². The fraction of sp³-hybridized carbons (Fsp3) is 0.907. The molecule has 0 bridgehead atoms. The van der Waals surface area contributed by atoms with E-state index < -0.39 is 6.10 Å². The van der Waals surface area contributed by atoms with Gasteiger partial charge in [-0.1, -0.05) is 353 Å². The molecule has 478 valence electrons. The molecule has 0 rings (SSSR count). The van der Waals surface area contributed by atoms with Gasteiger partial charge < -0.3 is 14.2 Å². The van der Waals surface area contributed by atoms with Crippen molar-refractivity contribution >= 4 is 17.9 Å². The summed E-state index contributed by atoms with van der Waals surface area (Å²) >= 11 is 0. The minimum atomic E-state index is -0.768. The van der Waals surface area contributed by atoms with Crippen molar-refractivity contribution in [3.05, 3.63) is 24.3 Å². The van der Waals surface area contributed by atoms with Gasteiger partial charge in [0.25, 0.3) is 0 Å². The predicted molar refractivity (Wildman–Crippen MR) is 353 cm³/mol. The molecule has 0 aromatic rings. The van der Waals surface area contributed by atoms with Crippen molar-refractivity contribution < 1.29 is 28.6 Å². The molecule has 0 N–H and O–H groups in total. The molecule has 6 nitrogen and oxygen atoms in total. The van der Waals surface area contributed by atoms with Crippen LogP contribution in [0.25, 0.3) is 0 Å². The summed E-state index contributed by atoms with van der Waals surface area (Å²) in [5, 5.41) is 0. The van der Waals surface area contributed by atoms with E-state index in [4.69, 9.17) is 14.2 Å². The van der Waals surface area contributed by atoms with Crippen LogP contribution in [0.5, 0.6) is 0 Å². The highest BCUT2D eigenvalue weighted by Crippen LogP contribution is 2.19. The minimum absolute atomic E-state index is 0.0656. The molecule has 0 aliphatic carbocycles. The molecule has 6 heteroatoms. The van der Waals surface area contributed by atoms with E-state index in [9.17, 15) is 14.4 Å². The lowest BCUT2D eigenvalue weighted by Crippen LogP contribution is -2.30. The van der Waals surface area contributed by atoms with E-state index in [0.29, 0.717) is 19.3 Å². The minimum Gasteiger partial charge on any atom is -0.462 e. The third-order valence-electron chi connectivity index (χ3n) is 16.9. The van der Waals surface area contributed by atoms with Crippen LogP contribution in [-0.2, 0) is 28.6 Å². The van der Waals surface area contributed by atoms with Gasteiger partial charge in [-0.2, -0.15) is 0 Å². The number of rotatable bonds is 69. The van der Waals surface area contributed by atoms with E-state index in [2.05, 4.69) is 45.1 Å². The molecule has 0 radical (unpaired) electrons. The fourth-order valence-electron chi connectivity index (χ4n) is 11.4. The van der Waals surface area contributed by atoms with E-state index in [1.807, 2.05) is 0 Å². The van der Waals surface area contributed by atoms with Crippen molar-refractivity contribution in [2.24, 2.45) is 0 Å². The molecule has 0 aromatic carbocycles. The number of esters is 3. The maximum Gasteiger partial charge on any atom is 0.306 e. The molecule has 0 aliphatic heterocycles. The summed E-state index contributed by atoms with van der Waals surface area (Å²) in [5.41, 5.74) is 0. The maximum absolute atomic E-state index is 12.9. The first kappa shape index (κ1) is 78.9. The lowest BCUT2D eigenvalue weighted by atomic mass is 10.0. The molecule has 1 unspecified atom stereocenters. The number of carbonyl (C=O) groups is 3. The SMILES string of the molecule is CCCCCCCC/C=C\CCCCCCCCCCCC(=O)OC(COC(=O)CCCCCCCCCCC)COC(=O)CCCCCCCCCCCCCCCCCCCCCCCCC/C=C\CCCCCCCCCC. The van der Waals surface area contributed by atoms with E-state index >= 15 is 0 Å². The second kappa shape index (κ2) is 70.4. The van der Waals surface area contributed by atoms with Gasteiger partial charge in [0, 0.05) is 19.3 Å². The lowest BCUT2D eigenvalue weighted by molar-refractivity contribution is -0.167. The summed E-state index contributed by atoms with van der Waals surface area (Å²) in [6.45, 7) is 6.69. The number of carbonyl (C=O) groups excluding carboxylic acids is 3. The topological polar surface area (TPSA) is 78.9 Å². The van der Waals surface area contributed by atoms with Gasteiger partial charge in [-0.3, -0.25) is 14.4 Å². The third kappa shape index (κ3) is 68.6. The Labute approximate surface area is 506 Å². The third-order valence-corrected chi connectivity index (χ3v) is 16.9. The van der Waals surface area contributed by atoms with Gasteiger partial charge in [-0.25, -0.2) is 0 Å². The van der Waals surface area contributed by atoms with Crippen LogP contribution in [0.4, 0.5) is 0 Å². The lowest BCUT2D eigenvalue weighted by Gasteiger charge is -2.18. The Bertz CT molecular complexity index is 1310. The predicted octanol–water partition coefficient (Wildman–Crippen LogP) is 25.3. The van der Waals surface area contributed by atoms with Crippen molar-refractivity contribution in [1.82, 2.24) is 0 Å². The summed E-state index contributed by atoms with van der Waals surface area (Å²) in [6, 6.07) is 0. The van der Waals surface area contributed by atoms with Crippen LogP contribution < -0.4 is 0 Å². The first-order valence-corrected chi connectivity index (χ1v) is 36.8. The van der Waals surface area contributed by atoms with Crippen molar-refractivity contribution in [2.45, 2.75) is 425 Å². The number of hydrogen-bond acceptors (Lipinski definition) is 6. The molecule has 0 spiro atoms. The fourth-order valence-corrected chi connectivity index (χ4v) is 11.4. The summed E-state index contributed by atoms with van der Waals surface area (Å²) in [6.07, 6.45) is 86.8. The van der Waals surface area contributed by atoms with Crippen LogP contribution in [-0.4, -0.2) is 37.2 Å². The average molecular weight is 1140 g/mol. The Morgan fingerprint density at radius 2 is 0.407 bits per heavy atom. The van der Waals surface area contributed by atoms with Crippen LogP contribution in [0.15, 0.2) is 24.3 Å². The Morgan fingerprint density at radius 1 is 0.235 bits per heavy atom. The standard InChI is InChI=1S/C75H142O6/c1-4-7-10-13-16-19-21-23-25-27-29-30-31-32-33-34-35-36-37-38-39-40-41-42-43-44-46-47-49-51-53-56-59-62-65-68-74(77)80-71-72(70-79-73(76)67-64-61-58-55-18-15-12-9-6-3)81-75(78)69-66-63-60-57-54-52-50-48-45-28-26-24-22-20-17-14-11-8-5-2/h24,26-27,29,72H,4-23,25,28,30-71H2,1-3H3/b26-24-,29-27-. The normalized spacial score (nSPS) is 12.1. The van der Waals surface area contributed by atoms with Gasteiger partial charge in [0.1, 0.15) is 13.2 Å². The highest BCUT2D eigenvalue weighted by atomic mass is 16.6. The maximum atomic E-state index is 12.9. The number of allylic oxidation sites excluding steroid dienone is 4. The molecule has 0 aliphatic rings. The van der Waals surface area contributed by atoms with Gasteiger partial charge >= 0.3 is 17.9 Å². The molecule has 1 atom stereocenters. The van der Waals surface area contributed by atoms with Gasteiger partial charge in [-0.05, 0) is 70.6 Å². The number of unbranched alkanes of at least 4 members (excludes halogenated alkanes) is 54. The van der Waals surface area contributed by atoms with Gasteiger partial charge in [0.2, 0.25) is 0 Å².